The summed E-state index contributed by atoms with van der Waals surface area (Å²) < 4.78 is 11.4. The number of carbonyl (C=O) groups excluding carboxylic acids is 1. The Morgan fingerprint density at radius 1 is 1.09 bits per heavy atom. The Bertz CT molecular complexity index is 1150. The molecule has 1 unspecified atom stereocenters. The van der Waals surface area contributed by atoms with E-state index in [1.54, 1.807) is 36.4 Å². The number of hydrogen-bond donors (Lipinski definition) is 2. The molecule has 4 rings (SSSR count). The van der Waals surface area contributed by atoms with Crippen molar-refractivity contribution < 1.29 is 29.4 Å². The minimum Gasteiger partial charge on any atom is -0.493 e. The van der Waals surface area contributed by atoms with Crippen molar-refractivity contribution in [2.24, 2.45) is 0 Å². The number of hydroxylamine groups is 2. The van der Waals surface area contributed by atoms with Gasteiger partial charge in [0.2, 0.25) is 0 Å². The second-order valence-electron chi connectivity index (χ2n) is 7.64. The Hall–Kier alpha value is -3.55. The van der Waals surface area contributed by atoms with Crippen LogP contribution in [0.3, 0.4) is 0 Å². The van der Waals surface area contributed by atoms with E-state index in [1.807, 2.05) is 30.3 Å². The Morgan fingerprint density at radius 2 is 1.82 bits per heavy atom. The molecule has 0 bridgehead atoms. The van der Waals surface area contributed by atoms with Gasteiger partial charge in [0.05, 0.1) is 24.1 Å². The Labute approximate surface area is 195 Å². The van der Waals surface area contributed by atoms with Crippen molar-refractivity contribution in [2.45, 2.75) is 18.8 Å². The summed E-state index contributed by atoms with van der Waals surface area (Å²) in [5, 5.41) is 20.5. The third kappa shape index (κ3) is 5.27. The van der Waals surface area contributed by atoms with E-state index in [2.05, 4.69) is 0 Å². The smallest absolute Gasteiger partial charge is 0.311 e. The number of rotatable bonds is 7. The van der Waals surface area contributed by atoms with Crippen molar-refractivity contribution in [1.82, 2.24) is 5.06 Å². The number of carboxylic acids is 1. The van der Waals surface area contributed by atoms with Crippen LogP contribution in [0.15, 0.2) is 66.7 Å². The Balaban J connectivity index is 1.42. The van der Waals surface area contributed by atoms with Crippen LogP contribution >= 0.6 is 11.6 Å². The topological polar surface area (TPSA) is 96.3 Å². The molecular weight excluding hydrogens is 446 g/mol. The minimum absolute atomic E-state index is 0.170. The van der Waals surface area contributed by atoms with Crippen molar-refractivity contribution in [3.8, 4) is 17.2 Å². The van der Waals surface area contributed by atoms with Crippen LogP contribution in [0, 0.1) is 0 Å². The molecule has 1 amide bonds. The van der Waals surface area contributed by atoms with Gasteiger partial charge in [-0.1, -0.05) is 41.9 Å². The van der Waals surface area contributed by atoms with Crippen LogP contribution in [0.2, 0.25) is 5.02 Å². The standard InChI is InChI=1S/C25H22ClNO6/c26-21-14-20-19(25(29)30)11-13-32-22(20)15-23(21)33-18-8-6-17(7-9-18)24(28)27(31)12-10-16-4-2-1-3-5-16/h1-9,14-15,19,31H,10-13H2,(H,29,30). The lowest BCUT2D eigenvalue weighted by Crippen LogP contribution is -2.29. The molecule has 1 atom stereocenters. The van der Waals surface area contributed by atoms with Gasteiger partial charge in [-0.15, -0.1) is 0 Å². The highest BCUT2D eigenvalue weighted by Gasteiger charge is 2.29. The summed E-state index contributed by atoms with van der Waals surface area (Å²) in [4.78, 5) is 24.0. The van der Waals surface area contributed by atoms with E-state index < -0.39 is 17.8 Å². The molecule has 170 valence electrons. The highest BCUT2D eigenvalue weighted by molar-refractivity contribution is 6.32. The first-order valence-electron chi connectivity index (χ1n) is 10.4. The number of carbonyl (C=O) groups is 2. The quantitative estimate of drug-likeness (QED) is 0.368. The normalized spacial score (nSPS) is 14.7. The molecule has 0 radical (unpaired) electrons. The Morgan fingerprint density at radius 3 is 2.52 bits per heavy atom. The van der Waals surface area contributed by atoms with E-state index in [1.165, 1.54) is 0 Å². The second-order valence-corrected chi connectivity index (χ2v) is 8.05. The van der Waals surface area contributed by atoms with Crippen molar-refractivity contribution in [1.29, 1.82) is 0 Å². The number of nitrogens with zero attached hydrogens (tertiary/aromatic N) is 1. The molecule has 1 aliphatic heterocycles. The van der Waals surface area contributed by atoms with Crippen molar-refractivity contribution in [3.63, 3.8) is 0 Å². The van der Waals surface area contributed by atoms with Gasteiger partial charge in [-0.25, -0.2) is 5.06 Å². The van der Waals surface area contributed by atoms with E-state index in [9.17, 15) is 19.9 Å². The molecule has 7 nitrogen and oxygen atoms in total. The number of amides is 1. The van der Waals surface area contributed by atoms with Gasteiger partial charge in [-0.05, 0) is 48.7 Å². The van der Waals surface area contributed by atoms with Crippen LogP contribution in [0.1, 0.15) is 33.8 Å². The average molecular weight is 468 g/mol. The lowest BCUT2D eigenvalue weighted by atomic mass is 9.93. The zero-order valence-electron chi connectivity index (χ0n) is 17.6. The van der Waals surface area contributed by atoms with Gasteiger partial charge < -0.3 is 14.6 Å². The fourth-order valence-corrected chi connectivity index (χ4v) is 3.86. The summed E-state index contributed by atoms with van der Waals surface area (Å²) >= 11 is 6.32. The van der Waals surface area contributed by atoms with Crippen molar-refractivity contribution in [2.75, 3.05) is 13.2 Å². The number of benzene rings is 3. The first-order chi connectivity index (χ1) is 15.9. The molecule has 33 heavy (non-hydrogen) atoms. The first kappa shape index (κ1) is 22.6. The fraction of sp³-hybridized carbons (Fsp3) is 0.200. The Kier molecular flexibility index (Phi) is 6.82. The summed E-state index contributed by atoms with van der Waals surface area (Å²) in [6, 6.07) is 19.0. The molecule has 1 heterocycles. The van der Waals surface area contributed by atoms with Crippen molar-refractivity contribution in [3.05, 3.63) is 88.4 Å². The van der Waals surface area contributed by atoms with Gasteiger partial charge in [0.1, 0.15) is 17.2 Å². The lowest BCUT2D eigenvalue weighted by molar-refractivity contribution is -0.139. The molecule has 8 heteroatoms. The van der Waals surface area contributed by atoms with Crippen LogP contribution in [-0.2, 0) is 11.2 Å². The van der Waals surface area contributed by atoms with Crippen LogP contribution in [0.4, 0.5) is 0 Å². The lowest BCUT2D eigenvalue weighted by Gasteiger charge is -2.24. The number of ether oxygens (including phenoxy) is 2. The number of hydrogen-bond acceptors (Lipinski definition) is 5. The number of fused-ring (bicyclic) bond motifs is 1. The zero-order chi connectivity index (χ0) is 23.4. The summed E-state index contributed by atoms with van der Waals surface area (Å²) in [5.74, 6) is -0.952. The van der Waals surface area contributed by atoms with Crippen LogP contribution in [0.25, 0.3) is 0 Å². The minimum atomic E-state index is -0.925. The maximum Gasteiger partial charge on any atom is 0.311 e. The highest BCUT2D eigenvalue weighted by Crippen LogP contribution is 2.41. The number of halogens is 1. The molecule has 0 saturated carbocycles. The SMILES string of the molecule is O=C(O)C1CCOc2cc(Oc3ccc(C(=O)N(O)CCc4ccccc4)cc3)c(Cl)cc21. The second kappa shape index (κ2) is 9.94. The monoisotopic (exact) mass is 467 g/mol. The maximum atomic E-state index is 12.5. The summed E-state index contributed by atoms with van der Waals surface area (Å²) in [5.41, 5.74) is 1.85. The fourth-order valence-electron chi connectivity index (χ4n) is 3.65. The predicted octanol–water partition coefficient (Wildman–Crippen LogP) is 5.16. The van der Waals surface area contributed by atoms with Crippen LogP contribution in [0.5, 0.6) is 17.2 Å². The third-order valence-corrected chi connectivity index (χ3v) is 5.72. The van der Waals surface area contributed by atoms with E-state index in [4.69, 9.17) is 21.1 Å². The van der Waals surface area contributed by atoms with Gasteiger partial charge in [-0.3, -0.25) is 14.8 Å². The van der Waals surface area contributed by atoms with E-state index in [-0.39, 0.29) is 11.6 Å². The summed E-state index contributed by atoms with van der Waals surface area (Å²) in [6.07, 6.45) is 0.910. The van der Waals surface area contributed by atoms with Gasteiger partial charge in [0.25, 0.3) is 5.91 Å². The molecule has 0 spiro atoms. The van der Waals surface area contributed by atoms with Gasteiger partial charge >= 0.3 is 5.97 Å². The predicted molar refractivity (Wildman–Crippen MR) is 121 cm³/mol. The number of aliphatic carboxylic acids is 1. The molecule has 1 aliphatic rings. The summed E-state index contributed by atoms with van der Waals surface area (Å²) in [6.45, 7) is 0.465. The molecule has 0 saturated heterocycles. The highest BCUT2D eigenvalue weighted by atomic mass is 35.5. The third-order valence-electron chi connectivity index (χ3n) is 5.42. The van der Waals surface area contributed by atoms with Gasteiger partial charge in [0.15, 0.2) is 0 Å². The molecule has 0 aliphatic carbocycles. The average Bonchev–Trinajstić information content (AvgIpc) is 2.83. The van der Waals surface area contributed by atoms with E-state index >= 15 is 0 Å². The largest absolute Gasteiger partial charge is 0.493 e. The summed E-state index contributed by atoms with van der Waals surface area (Å²) in [7, 11) is 0. The number of carboxylic acid groups (broad SMARTS) is 1. The van der Waals surface area contributed by atoms with Crippen LogP contribution in [-0.4, -0.2) is 40.4 Å². The molecule has 0 aromatic heterocycles. The molecule has 2 N–H and O–H groups in total. The maximum absolute atomic E-state index is 12.5. The molecular formula is C25H22ClNO6. The molecule has 3 aromatic carbocycles. The van der Waals surface area contributed by atoms with Gasteiger partial charge in [0, 0.05) is 17.2 Å². The van der Waals surface area contributed by atoms with Crippen molar-refractivity contribution >= 4 is 23.5 Å². The first-order valence-corrected chi connectivity index (χ1v) is 10.8. The molecule has 0 fully saturated rings. The molecule has 3 aromatic rings. The zero-order valence-corrected chi connectivity index (χ0v) is 18.4. The van der Waals surface area contributed by atoms with Crippen LogP contribution < -0.4 is 9.47 Å². The van der Waals surface area contributed by atoms with E-state index in [0.717, 1.165) is 5.56 Å². The van der Waals surface area contributed by atoms with Gasteiger partial charge in [-0.2, -0.15) is 0 Å². The van der Waals surface area contributed by atoms with E-state index in [0.29, 0.717) is 52.9 Å².